The topological polar surface area (TPSA) is 171 Å². The van der Waals surface area contributed by atoms with Gasteiger partial charge in [0.1, 0.15) is 0 Å². The van der Waals surface area contributed by atoms with Crippen LogP contribution in [0.3, 0.4) is 0 Å². The highest BCUT2D eigenvalue weighted by molar-refractivity contribution is 7.72. The van der Waals surface area contributed by atoms with Crippen LogP contribution in [0.5, 0.6) is 0 Å². The Balaban J connectivity index is 5.20. The number of aliphatic hydroxyl groups is 1. The molecule has 9 nitrogen and oxygen atoms in total. The summed E-state index contributed by atoms with van der Waals surface area (Å²) in [6.45, 7) is 2.67. The van der Waals surface area contributed by atoms with Gasteiger partial charge in [0, 0.05) is 12.5 Å². The highest BCUT2D eigenvalue weighted by Crippen LogP contribution is 2.69. The van der Waals surface area contributed by atoms with Gasteiger partial charge in [0.15, 0.2) is 0 Å². The highest BCUT2D eigenvalue weighted by atomic mass is 31.2. The third kappa shape index (κ3) is 4.15. The second kappa shape index (κ2) is 5.16. The van der Waals surface area contributed by atoms with Crippen LogP contribution in [0.4, 0.5) is 0 Å². The lowest BCUT2D eigenvalue weighted by molar-refractivity contribution is 0.116. The van der Waals surface area contributed by atoms with Crippen LogP contribution in [0.2, 0.25) is 0 Å². The van der Waals surface area contributed by atoms with Gasteiger partial charge < -0.3 is 30.0 Å². The Morgan fingerprint density at radius 3 is 1.88 bits per heavy atom. The van der Waals surface area contributed by atoms with E-state index < -0.39 is 32.7 Å². The maximum atomic E-state index is 11.0. The van der Waals surface area contributed by atoms with Crippen LogP contribution >= 0.6 is 15.2 Å². The van der Waals surface area contributed by atoms with Gasteiger partial charge in [-0.2, -0.15) is 0 Å². The number of amidine groups is 1. The minimum absolute atomic E-state index is 0.0590. The smallest absolute Gasteiger partial charge is 0.369 e. The first-order valence-corrected chi connectivity index (χ1v) is 7.69. The van der Waals surface area contributed by atoms with E-state index >= 15 is 0 Å². The summed E-state index contributed by atoms with van der Waals surface area (Å²) in [7, 11) is -10.8. The molecule has 0 bridgehead atoms. The van der Waals surface area contributed by atoms with Crippen LogP contribution in [0.15, 0.2) is 0 Å². The summed E-state index contributed by atoms with van der Waals surface area (Å²) in [5.74, 6) is -0.0590. The first-order valence-electron chi connectivity index (χ1n) is 4.46. The molecule has 0 spiro atoms. The Morgan fingerprint density at radius 1 is 1.29 bits per heavy atom. The van der Waals surface area contributed by atoms with E-state index in [0.717, 1.165) is 0 Å². The van der Waals surface area contributed by atoms with Gasteiger partial charge in [0.05, 0.1) is 5.84 Å². The van der Waals surface area contributed by atoms with Crippen molar-refractivity contribution in [1.82, 2.24) is 5.32 Å². The normalized spacial score (nSPS) is 15.5. The summed E-state index contributed by atoms with van der Waals surface area (Å²) in [5.41, 5.74) is 0. The average Bonchev–Trinajstić information content (AvgIpc) is 1.97. The van der Waals surface area contributed by atoms with Gasteiger partial charge in [-0.3, -0.25) is 14.5 Å². The number of nitrogens with one attached hydrogen (secondary N) is 2. The van der Waals surface area contributed by atoms with E-state index in [4.69, 9.17) is 25.0 Å². The minimum atomic E-state index is -5.42. The van der Waals surface area contributed by atoms with Crippen molar-refractivity contribution in [1.29, 1.82) is 5.41 Å². The van der Waals surface area contributed by atoms with E-state index in [0.29, 0.717) is 0 Å². The molecule has 1 atom stereocenters. The first-order chi connectivity index (χ1) is 7.31. The summed E-state index contributed by atoms with van der Waals surface area (Å²) in [5, 5.41) is 15.5. The van der Waals surface area contributed by atoms with Gasteiger partial charge in [0.2, 0.25) is 0 Å². The fourth-order valence-corrected chi connectivity index (χ4v) is 3.62. The standard InChI is InChI=1S/C6H16N2O7P2/c1-4(8-5(2)7)3-6(9,16(10,11)12)17(13,14)15/h4,9H,3H2,1-2H3,(H2,7,8)(H2,10,11,12)(H2,13,14,15). The average molecular weight is 290 g/mol. The molecule has 0 radical (unpaired) electrons. The molecule has 1 unspecified atom stereocenters. The molecule has 17 heavy (non-hydrogen) atoms. The lowest BCUT2D eigenvalue weighted by Gasteiger charge is -2.31. The molecule has 0 amide bonds. The van der Waals surface area contributed by atoms with Crippen molar-refractivity contribution in [3.05, 3.63) is 0 Å². The van der Waals surface area contributed by atoms with Gasteiger partial charge in [-0.05, 0) is 13.8 Å². The van der Waals surface area contributed by atoms with E-state index in [9.17, 15) is 14.2 Å². The Hall–Kier alpha value is -0.270. The lowest BCUT2D eigenvalue weighted by Crippen LogP contribution is -2.39. The van der Waals surface area contributed by atoms with Crippen LogP contribution in [0, 0.1) is 5.41 Å². The molecular formula is C6H16N2O7P2. The van der Waals surface area contributed by atoms with Crippen molar-refractivity contribution in [2.45, 2.75) is 31.4 Å². The predicted octanol–water partition coefficient (Wildman–Crippen LogP) is -0.647. The maximum absolute atomic E-state index is 11.0. The molecule has 0 saturated carbocycles. The molecule has 0 rings (SSSR count). The van der Waals surface area contributed by atoms with Crippen LogP contribution in [0.25, 0.3) is 0 Å². The molecule has 0 aromatic carbocycles. The molecule has 0 heterocycles. The quantitative estimate of drug-likeness (QED) is 0.199. The fourth-order valence-electron chi connectivity index (χ4n) is 1.24. The van der Waals surface area contributed by atoms with Crippen LogP contribution in [0.1, 0.15) is 20.3 Å². The van der Waals surface area contributed by atoms with Crippen LogP contribution in [-0.4, -0.2) is 41.6 Å². The number of hydrogen-bond donors (Lipinski definition) is 7. The molecule has 11 heteroatoms. The molecule has 102 valence electrons. The van der Waals surface area contributed by atoms with Crippen molar-refractivity contribution < 1.29 is 33.8 Å². The van der Waals surface area contributed by atoms with Crippen molar-refractivity contribution in [2.24, 2.45) is 0 Å². The lowest BCUT2D eigenvalue weighted by atomic mass is 10.2. The predicted molar refractivity (Wildman–Crippen MR) is 59.7 cm³/mol. The summed E-state index contributed by atoms with van der Waals surface area (Å²) < 4.78 is 22.0. The monoisotopic (exact) mass is 290 g/mol. The Labute approximate surface area is 97.7 Å². The van der Waals surface area contributed by atoms with Gasteiger partial charge in [-0.15, -0.1) is 0 Å². The molecule has 0 aliphatic carbocycles. The van der Waals surface area contributed by atoms with Crippen molar-refractivity contribution >= 4 is 21.0 Å². The maximum Gasteiger partial charge on any atom is 0.369 e. The van der Waals surface area contributed by atoms with Gasteiger partial charge >= 0.3 is 15.2 Å². The third-order valence-electron chi connectivity index (χ3n) is 1.98. The SMILES string of the molecule is CC(=N)NC(C)CC(O)(P(=O)(O)O)P(=O)(O)O. The van der Waals surface area contributed by atoms with Crippen molar-refractivity contribution in [2.75, 3.05) is 0 Å². The van der Waals surface area contributed by atoms with Crippen molar-refractivity contribution in [3.8, 4) is 0 Å². The van der Waals surface area contributed by atoms with Gasteiger partial charge in [-0.25, -0.2) is 0 Å². The Morgan fingerprint density at radius 2 is 1.65 bits per heavy atom. The molecular weight excluding hydrogens is 274 g/mol. The Bertz CT molecular complexity index is 364. The largest absolute Gasteiger partial charge is 0.372 e. The zero-order valence-electron chi connectivity index (χ0n) is 9.23. The number of hydrogen-bond acceptors (Lipinski definition) is 4. The van der Waals surface area contributed by atoms with Crippen LogP contribution in [-0.2, 0) is 9.13 Å². The molecule has 7 N–H and O–H groups in total. The van der Waals surface area contributed by atoms with E-state index in [1.165, 1.54) is 13.8 Å². The van der Waals surface area contributed by atoms with E-state index in [1.54, 1.807) is 0 Å². The third-order valence-corrected chi connectivity index (χ3v) is 5.77. The second-order valence-electron chi connectivity index (χ2n) is 3.74. The molecule has 0 aromatic rings. The molecule has 0 fully saturated rings. The summed E-state index contributed by atoms with van der Waals surface area (Å²) in [6.07, 6.45) is -0.891. The van der Waals surface area contributed by atoms with E-state index in [2.05, 4.69) is 5.32 Å². The second-order valence-corrected chi connectivity index (χ2v) is 7.75. The highest BCUT2D eigenvalue weighted by Gasteiger charge is 2.59. The van der Waals surface area contributed by atoms with Crippen molar-refractivity contribution in [3.63, 3.8) is 0 Å². The first kappa shape index (κ1) is 16.7. The van der Waals surface area contributed by atoms with Crippen LogP contribution < -0.4 is 5.32 Å². The summed E-state index contributed by atoms with van der Waals surface area (Å²) >= 11 is 0. The van der Waals surface area contributed by atoms with Gasteiger partial charge in [0.25, 0.3) is 5.08 Å². The minimum Gasteiger partial charge on any atom is -0.372 e. The van der Waals surface area contributed by atoms with Gasteiger partial charge in [-0.1, -0.05) is 0 Å². The fraction of sp³-hybridized carbons (Fsp3) is 0.833. The zero-order chi connectivity index (χ0) is 14.1. The van der Waals surface area contributed by atoms with E-state index in [1.807, 2.05) is 0 Å². The molecule has 0 aliphatic heterocycles. The van der Waals surface area contributed by atoms with E-state index in [-0.39, 0.29) is 5.84 Å². The molecule has 0 aliphatic rings. The summed E-state index contributed by atoms with van der Waals surface area (Å²) in [6, 6.07) is -0.891. The Kier molecular flexibility index (Phi) is 5.07. The summed E-state index contributed by atoms with van der Waals surface area (Å²) in [4.78, 5) is 35.4. The molecule has 0 saturated heterocycles. The number of rotatable bonds is 5. The molecule has 0 aromatic heterocycles. The zero-order valence-corrected chi connectivity index (χ0v) is 11.0.